The number of esters is 1. The lowest BCUT2D eigenvalue weighted by molar-refractivity contribution is -0.153. The van der Waals surface area contributed by atoms with Crippen molar-refractivity contribution < 1.29 is 19.0 Å². The van der Waals surface area contributed by atoms with Gasteiger partial charge in [0.05, 0.1) is 6.42 Å². The third-order valence-corrected chi connectivity index (χ3v) is 3.70. The fraction of sp³-hybridized carbons (Fsp3) is 0.588. The maximum atomic E-state index is 11.9. The van der Waals surface area contributed by atoms with Gasteiger partial charge in [-0.2, -0.15) is 0 Å². The monoisotopic (exact) mass is 290 g/mol. The van der Waals surface area contributed by atoms with Crippen LogP contribution in [0.15, 0.2) is 18.2 Å². The van der Waals surface area contributed by atoms with E-state index in [1.807, 2.05) is 52.8 Å². The van der Waals surface area contributed by atoms with Crippen molar-refractivity contribution in [2.24, 2.45) is 0 Å². The second-order valence-electron chi connectivity index (χ2n) is 7.32. The van der Waals surface area contributed by atoms with Crippen LogP contribution in [0.5, 0.6) is 5.75 Å². The highest BCUT2D eigenvalue weighted by molar-refractivity contribution is 5.73. The minimum atomic E-state index is -0.455. The van der Waals surface area contributed by atoms with Gasteiger partial charge in [0.15, 0.2) is 0 Å². The lowest BCUT2D eigenvalue weighted by Gasteiger charge is -2.29. The van der Waals surface area contributed by atoms with Crippen molar-refractivity contribution in [2.45, 2.75) is 64.4 Å². The Labute approximate surface area is 125 Å². The fourth-order valence-corrected chi connectivity index (χ4v) is 2.79. The van der Waals surface area contributed by atoms with Crippen molar-refractivity contribution in [3.63, 3.8) is 0 Å². The van der Waals surface area contributed by atoms with E-state index >= 15 is 0 Å². The van der Waals surface area contributed by atoms with Crippen molar-refractivity contribution in [1.82, 2.24) is 0 Å². The summed E-state index contributed by atoms with van der Waals surface area (Å²) in [5.74, 6) is 0.638. The van der Waals surface area contributed by atoms with Gasteiger partial charge in [-0.05, 0) is 52.3 Å². The second-order valence-corrected chi connectivity index (χ2v) is 7.32. The zero-order chi connectivity index (χ0) is 15.4. The highest BCUT2D eigenvalue weighted by atomic mass is 16.6. The first kappa shape index (κ1) is 14.4. The third-order valence-electron chi connectivity index (χ3n) is 3.70. The molecule has 0 aliphatic carbocycles. The van der Waals surface area contributed by atoms with Crippen LogP contribution in [0.25, 0.3) is 0 Å². The number of ether oxygens (including phenoxy) is 3. The normalized spacial score (nSPS) is 25.4. The Morgan fingerprint density at radius 2 is 2.05 bits per heavy atom. The van der Waals surface area contributed by atoms with Crippen molar-refractivity contribution in [3.8, 4) is 5.75 Å². The van der Waals surface area contributed by atoms with E-state index < -0.39 is 5.60 Å². The van der Waals surface area contributed by atoms with Crippen molar-refractivity contribution in [3.05, 3.63) is 29.3 Å². The molecule has 2 atom stereocenters. The van der Waals surface area contributed by atoms with Crippen LogP contribution in [0.3, 0.4) is 0 Å². The minimum absolute atomic E-state index is 0.0994. The largest absolute Gasteiger partial charge is 0.485 e. The van der Waals surface area contributed by atoms with E-state index in [0.717, 1.165) is 16.9 Å². The molecule has 0 aromatic heterocycles. The molecule has 3 rings (SSSR count). The molecule has 114 valence electrons. The molecular weight excluding hydrogens is 268 g/mol. The number of benzene rings is 1. The Kier molecular flexibility index (Phi) is 3.06. The van der Waals surface area contributed by atoms with Crippen molar-refractivity contribution in [2.75, 3.05) is 0 Å². The molecule has 1 saturated heterocycles. The standard InChI is InChI=1S/C17H22O4/c1-16(2,3)21-13(18)9-10-6-7-12-11(8-10)14-15(19-14)17(4,5)20-12/h6-8,14-15H,9H2,1-5H3/t14-,15-/m0/s1. The van der Waals surface area contributed by atoms with Crippen LogP contribution < -0.4 is 4.74 Å². The van der Waals surface area contributed by atoms with Crippen molar-refractivity contribution in [1.29, 1.82) is 0 Å². The van der Waals surface area contributed by atoms with Gasteiger partial charge in [0.1, 0.15) is 29.2 Å². The van der Waals surface area contributed by atoms with Crippen molar-refractivity contribution >= 4 is 5.97 Å². The summed E-state index contributed by atoms with van der Waals surface area (Å²) < 4.78 is 17.0. The van der Waals surface area contributed by atoms with Crippen LogP contribution in [0.2, 0.25) is 0 Å². The van der Waals surface area contributed by atoms with Gasteiger partial charge in [0, 0.05) is 5.56 Å². The number of rotatable bonds is 2. The zero-order valence-electron chi connectivity index (χ0n) is 13.2. The number of hydrogen-bond donors (Lipinski definition) is 0. The molecular formula is C17H22O4. The van der Waals surface area contributed by atoms with E-state index in [1.54, 1.807) is 0 Å². The summed E-state index contributed by atoms with van der Waals surface area (Å²) >= 11 is 0. The quantitative estimate of drug-likeness (QED) is 0.620. The van der Waals surface area contributed by atoms with Gasteiger partial charge in [0.25, 0.3) is 0 Å². The summed E-state index contributed by atoms with van der Waals surface area (Å²) in [7, 11) is 0. The second kappa shape index (κ2) is 4.47. The Balaban J connectivity index is 1.76. The van der Waals surface area contributed by atoms with E-state index in [2.05, 4.69) is 0 Å². The number of carbonyl (C=O) groups is 1. The molecule has 4 heteroatoms. The molecule has 2 aliphatic rings. The maximum absolute atomic E-state index is 11.9. The minimum Gasteiger partial charge on any atom is -0.485 e. The van der Waals surface area contributed by atoms with Gasteiger partial charge >= 0.3 is 5.97 Å². The Morgan fingerprint density at radius 3 is 2.71 bits per heavy atom. The van der Waals surface area contributed by atoms with E-state index in [-0.39, 0.29) is 30.2 Å². The maximum Gasteiger partial charge on any atom is 0.310 e. The zero-order valence-corrected chi connectivity index (χ0v) is 13.2. The first-order valence-corrected chi connectivity index (χ1v) is 7.35. The number of epoxide rings is 1. The lowest BCUT2D eigenvalue weighted by Crippen LogP contribution is -2.37. The number of hydrogen-bond acceptors (Lipinski definition) is 4. The predicted octanol–water partition coefficient (Wildman–Crippen LogP) is 3.18. The molecule has 0 bridgehead atoms. The lowest BCUT2D eigenvalue weighted by atomic mass is 9.93. The first-order valence-electron chi connectivity index (χ1n) is 7.35. The molecule has 21 heavy (non-hydrogen) atoms. The molecule has 0 unspecified atom stereocenters. The van der Waals surface area contributed by atoms with Crippen LogP contribution in [0.1, 0.15) is 51.8 Å². The molecule has 0 radical (unpaired) electrons. The van der Waals surface area contributed by atoms with Crippen LogP contribution in [0, 0.1) is 0 Å². The average Bonchev–Trinajstić information content (AvgIpc) is 3.08. The summed E-state index contributed by atoms with van der Waals surface area (Å²) in [5.41, 5.74) is 1.23. The molecule has 0 N–H and O–H groups in total. The third kappa shape index (κ3) is 2.91. The molecule has 1 fully saturated rings. The predicted molar refractivity (Wildman–Crippen MR) is 78.3 cm³/mol. The van der Waals surface area contributed by atoms with Gasteiger partial charge in [-0.3, -0.25) is 4.79 Å². The van der Waals surface area contributed by atoms with Gasteiger partial charge in [-0.25, -0.2) is 0 Å². The van der Waals surface area contributed by atoms with Gasteiger partial charge in [0.2, 0.25) is 0 Å². The number of carbonyl (C=O) groups excluding carboxylic acids is 1. The molecule has 0 saturated carbocycles. The summed E-state index contributed by atoms with van der Waals surface area (Å²) in [6.07, 6.45) is 0.481. The van der Waals surface area contributed by atoms with Crippen LogP contribution in [-0.4, -0.2) is 23.3 Å². The summed E-state index contributed by atoms with van der Waals surface area (Å²) in [5, 5.41) is 0. The molecule has 0 amide bonds. The molecule has 2 heterocycles. The van der Waals surface area contributed by atoms with E-state index in [1.165, 1.54) is 0 Å². The van der Waals surface area contributed by atoms with Gasteiger partial charge < -0.3 is 14.2 Å². The Bertz CT molecular complexity index is 583. The van der Waals surface area contributed by atoms with E-state index in [9.17, 15) is 4.79 Å². The number of fused-ring (bicyclic) bond motifs is 3. The molecule has 1 aromatic rings. The van der Waals surface area contributed by atoms with Gasteiger partial charge in [-0.1, -0.05) is 6.07 Å². The highest BCUT2D eigenvalue weighted by Crippen LogP contribution is 2.53. The Morgan fingerprint density at radius 1 is 1.33 bits per heavy atom. The summed E-state index contributed by atoms with van der Waals surface area (Å²) in [4.78, 5) is 11.9. The van der Waals surface area contributed by atoms with Crippen LogP contribution >= 0.6 is 0 Å². The summed E-state index contributed by atoms with van der Waals surface area (Å²) in [6, 6.07) is 5.84. The van der Waals surface area contributed by atoms with E-state index in [4.69, 9.17) is 14.2 Å². The SMILES string of the molecule is CC(C)(C)OC(=O)Cc1ccc2c(c1)[C@@H]1O[C@@H]1C(C)(C)O2. The Hall–Kier alpha value is -1.55. The summed E-state index contributed by atoms with van der Waals surface area (Å²) in [6.45, 7) is 9.69. The molecule has 2 aliphatic heterocycles. The fourth-order valence-electron chi connectivity index (χ4n) is 2.79. The molecule has 0 spiro atoms. The first-order chi connectivity index (χ1) is 9.66. The highest BCUT2D eigenvalue weighted by Gasteiger charge is 2.56. The van der Waals surface area contributed by atoms with E-state index in [0.29, 0.717) is 0 Å². The smallest absolute Gasteiger partial charge is 0.310 e. The van der Waals surface area contributed by atoms with Gasteiger partial charge in [-0.15, -0.1) is 0 Å². The average molecular weight is 290 g/mol. The topological polar surface area (TPSA) is 48.1 Å². The van der Waals surface area contributed by atoms with Crippen LogP contribution in [-0.2, 0) is 20.7 Å². The molecule has 1 aromatic carbocycles. The van der Waals surface area contributed by atoms with Crippen LogP contribution in [0.4, 0.5) is 0 Å². The molecule has 4 nitrogen and oxygen atoms in total.